The maximum atomic E-state index is 11.7. The Morgan fingerprint density at radius 1 is 1.00 bits per heavy atom. The lowest BCUT2D eigenvalue weighted by Gasteiger charge is -2.08. The average Bonchev–Trinajstić information content (AvgIpc) is 2.53. The molecular weight excluding hydrogens is 266 g/mol. The van der Waals surface area contributed by atoms with Crippen molar-refractivity contribution < 1.29 is 14.3 Å². The second-order valence-corrected chi connectivity index (χ2v) is 4.73. The van der Waals surface area contributed by atoms with Gasteiger partial charge in [-0.2, -0.15) is 0 Å². The van der Waals surface area contributed by atoms with Gasteiger partial charge in [-0.3, -0.25) is 4.79 Å². The van der Waals surface area contributed by atoms with Gasteiger partial charge in [0.15, 0.2) is 6.61 Å². The number of carbonyl (C=O) groups is 1. The zero-order valence-corrected chi connectivity index (χ0v) is 12.3. The molecule has 0 saturated carbocycles. The molecule has 0 heterocycles. The molecule has 0 aliphatic carbocycles. The van der Waals surface area contributed by atoms with Gasteiger partial charge in [0.25, 0.3) is 5.91 Å². The molecule has 0 atom stereocenters. The van der Waals surface area contributed by atoms with Crippen LogP contribution in [0.25, 0.3) is 0 Å². The first kappa shape index (κ1) is 14.9. The van der Waals surface area contributed by atoms with Crippen molar-refractivity contribution in [1.29, 1.82) is 0 Å². The third-order valence-electron chi connectivity index (χ3n) is 3.04. The summed E-state index contributed by atoms with van der Waals surface area (Å²) in [4.78, 5) is 11.7. The van der Waals surface area contributed by atoms with Gasteiger partial charge in [-0.1, -0.05) is 29.8 Å². The first-order chi connectivity index (χ1) is 10.2. The lowest BCUT2D eigenvalue weighted by Crippen LogP contribution is -2.28. The number of ether oxygens (including phenoxy) is 2. The van der Waals surface area contributed by atoms with Crippen LogP contribution in [0.5, 0.6) is 11.5 Å². The molecule has 1 amide bonds. The van der Waals surface area contributed by atoms with Crippen molar-refractivity contribution in [3.63, 3.8) is 0 Å². The van der Waals surface area contributed by atoms with Crippen LogP contribution < -0.4 is 14.8 Å². The molecule has 21 heavy (non-hydrogen) atoms. The Morgan fingerprint density at radius 2 is 1.62 bits per heavy atom. The minimum atomic E-state index is -0.147. The van der Waals surface area contributed by atoms with Crippen molar-refractivity contribution in [2.75, 3.05) is 13.7 Å². The Morgan fingerprint density at radius 3 is 2.24 bits per heavy atom. The monoisotopic (exact) mass is 285 g/mol. The fourth-order valence-electron chi connectivity index (χ4n) is 1.78. The number of hydrogen-bond donors (Lipinski definition) is 1. The smallest absolute Gasteiger partial charge is 0.258 e. The summed E-state index contributed by atoms with van der Waals surface area (Å²) in [5, 5.41) is 2.82. The summed E-state index contributed by atoms with van der Waals surface area (Å²) in [7, 11) is 1.61. The molecule has 1 N–H and O–H groups in total. The largest absolute Gasteiger partial charge is 0.497 e. The van der Waals surface area contributed by atoms with E-state index in [0.717, 1.165) is 11.3 Å². The maximum Gasteiger partial charge on any atom is 0.258 e. The van der Waals surface area contributed by atoms with Gasteiger partial charge in [-0.15, -0.1) is 0 Å². The quantitative estimate of drug-likeness (QED) is 0.887. The number of rotatable bonds is 6. The highest BCUT2D eigenvalue weighted by atomic mass is 16.5. The predicted octanol–water partition coefficient (Wildman–Crippen LogP) is 2.70. The fraction of sp³-hybridized carbons (Fsp3) is 0.235. The van der Waals surface area contributed by atoms with E-state index in [1.807, 2.05) is 31.2 Å². The molecule has 4 heteroatoms. The summed E-state index contributed by atoms with van der Waals surface area (Å²) < 4.78 is 10.5. The van der Waals surface area contributed by atoms with Crippen molar-refractivity contribution in [3.8, 4) is 11.5 Å². The summed E-state index contributed by atoms with van der Waals surface area (Å²) in [6, 6.07) is 15.2. The lowest BCUT2D eigenvalue weighted by atomic mass is 10.1. The van der Waals surface area contributed by atoms with Crippen molar-refractivity contribution in [2.24, 2.45) is 0 Å². The first-order valence-corrected chi connectivity index (χ1v) is 6.76. The summed E-state index contributed by atoms with van der Waals surface area (Å²) in [5.41, 5.74) is 2.27. The Kier molecular flexibility index (Phi) is 5.21. The third kappa shape index (κ3) is 4.84. The Bertz CT molecular complexity index is 576. The van der Waals surface area contributed by atoms with Crippen molar-refractivity contribution >= 4 is 5.91 Å². The Balaban J connectivity index is 1.75. The highest BCUT2D eigenvalue weighted by Gasteiger charge is 2.03. The summed E-state index contributed by atoms with van der Waals surface area (Å²) in [6.45, 7) is 2.54. The highest BCUT2D eigenvalue weighted by molar-refractivity contribution is 5.77. The predicted molar refractivity (Wildman–Crippen MR) is 81.5 cm³/mol. The van der Waals surface area contributed by atoms with Crippen LogP contribution in [0.1, 0.15) is 11.1 Å². The summed E-state index contributed by atoms with van der Waals surface area (Å²) in [5.74, 6) is 1.25. The minimum absolute atomic E-state index is 0.00180. The molecule has 0 saturated heterocycles. The van der Waals surface area contributed by atoms with Crippen LogP contribution in [0.15, 0.2) is 48.5 Å². The normalized spacial score (nSPS) is 10.0. The lowest BCUT2D eigenvalue weighted by molar-refractivity contribution is -0.123. The van der Waals surface area contributed by atoms with Crippen molar-refractivity contribution in [1.82, 2.24) is 5.32 Å². The van der Waals surface area contributed by atoms with Gasteiger partial charge >= 0.3 is 0 Å². The molecule has 0 spiro atoms. The van der Waals surface area contributed by atoms with E-state index < -0.39 is 0 Å². The van der Waals surface area contributed by atoms with Crippen LogP contribution in [0.3, 0.4) is 0 Å². The van der Waals surface area contributed by atoms with Crippen LogP contribution in [0.4, 0.5) is 0 Å². The van der Waals surface area contributed by atoms with Crippen LogP contribution >= 0.6 is 0 Å². The first-order valence-electron chi connectivity index (χ1n) is 6.76. The van der Waals surface area contributed by atoms with E-state index in [2.05, 4.69) is 5.32 Å². The van der Waals surface area contributed by atoms with Crippen molar-refractivity contribution in [3.05, 3.63) is 59.7 Å². The van der Waals surface area contributed by atoms with Crippen molar-refractivity contribution in [2.45, 2.75) is 13.5 Å². The molecule has 2 rings (SSSR count). The molecule has 2 aromatic rings. The molecule has 0 radical (unpaired) electrons. The molecule has 0 unspecified atom stereocenters. The SMILES string of the molecule is COc1ccc(OCC(=O)NCc2ccc(C)cc2)cc1. The third-order valence-corrected chi connectivity index (χ3v) is 3.04. The van der Waals surface area contributed by atoms with Gasteiger partial charge in [0.1, 0.15) is 11.5 Å². The van der Waals surface area contributed by atoms with Crippen LogP contribution in [-0.2, 0) is 11.3 Å². The fourth-order valence-corrected chi connectivity index (χ4v) is 1.78. The number of amides is 1. The molecule has 0 aromatic heterocycles. The van der Waals surface area contributed by atoms with E-state index in [9.17, 15) is 4.79 Å². The number of hydrogen-bond acceptors (Lipinski definition) is 3. The molecule has 2 aromatic carbocycles. The highest BCUT2D eigenvalue weighted by Crippen LogP contribution is 2.16. The number of aryl methyl sites for hydroxylation is 1. The zero-order valence-electron chi connectivity index (χ0n) is 12.3. The van der Waals surface area contributed by atoms with Gasteiger partial charge in [0.05, 0.1) is 7.11 Å². The van der Waals surface area contributed by atoms with Crippen LogP contribution in [0.2, 0.25) is 0 Å². The molecule has 110 valence electrons. The van der Waals surface area contributed by atoms with E-state index >= 15 is 0 Å². The molecule has 0 aliphatic heterocycles. The van der Waals surface area contributed by atoms with Gasteiger partial charge < -0.3 is 14.8 Å². The zero-order chi connectivity index (χ0) is 15.1. The van der Waals surface area contributed by atoms with E-state index in [-0.39, 0.29) is 12.5 Å². The maximum absolute atomic E-state index is 11.7. The molecule has 4 nitrogen and oxygen atoms in total. The van der Waals surface area contributed by atoms with E-state index in [1.165, 1.54) is 5.56 Å². The Hall–Kier alpha value is -2.49. The molecule has 0 bridgehead atoms. The number of nitrogens with one attached hydrogen (secondary N) is 1. The van der Waals surface area contributed by atoms with Gasteiger partial charge in [-0.25, -0.2) is 0 Å². The molecular formula is C17H19NO3. The summed E-state index contributed by atoms with van der Waals surface area (Å²) in [6.07, 6.45) is 0. The minimum Gasteiger partial charge on any atom is -0.497 e. The molecule has 0 fully saturated rings. The average molecular weight is 285 g/mol. The van der Waals surface area contributed by atoms with Gasteiger partial charge in [0.2, 0.25) is 0 Å². The summed E-state index contributed by atoms with van der Waals surface area (Å²) >= 11 is 0. The van der Waals surface area contributed by atoms with E-state index in [0.29, 0.717) is 12.3 Å². The van der Waals surface area contributed by atoms with Gasteiger partial charge in [-0.05, 0) is 36.8 Å². The number of benzene rings is 2. The topological polar surface area (TPSA) is 47.6 Å². The number of carbonyl (C=O) groups excluding carboxylic acids is 1. The standard InChI is InChI=1S/C17H19NO3/c1-13-3-5-14(6-4-13)11-18-17(19)12-21-16-9-7-15(20-2)8-10-16/h3-10H,11-12H2,1-2H3,(H,18,19). The second kappa shape index (κ2) is 7.33. The Labute approximate surface area is 124 Å². The van der Waals surface area contributed by atoms with E-state index in [4.69, 9.17) is 9.47 Å². The van der Waals surface area contributed by atoms with Crippen LogP contribution in [0, 0.1) is 6.92 Å². The van der Waals surface area contributed by atoms with Gasteiger partial charge in [0, 0.05) is 6.54 Å². The molecule has 0 aliphatic rings. The number of methoxy groups -OCH3 is 1. The van der Waals surface area contributed by atoms with E-state index in [1.54, 1.807) is 31.4 Å². The van der Waals surface area contributed by atoms with Crippen LogP contribution in [-0.4, -0.2) is 19.6 Å². The second-order valence-electron chi connectivity index (χ2n) is 4.73.